The monoisotopic (exact) mass is 192 g/mol. The van der Waals surface area contributed by atoms with Crippen molar-refractivity contribution in [3.05, 3.63) is 0 Å². The number of carbonyl (C=O) groups is 1. The van der Waals surface area contributed by atoms with E-state index in [0.717, 1.165) is 6.42 Å². The predicted molar refractivity (Wildman–Crippen MR) is 50.4 cm³/mol. The van der Waals surface area contributed by atoms with Crippen LogP contribution < -0.4 is 0 Å². The van der Waals surface area contributed by atoms with Gasteiger partial charge in [-0.1, -0.05) is 13.8 Å². The van der Waals surface area contributed by atoms with Crippen LogP contribution in [0.4, 0.5) is 0 Å². The van der Waals surface area contributed by atoms with E-state index >= 15 is 0 Å². The maximum atomic E-state index is 10.4. The standard InChI is InChI=1S/C8H16O3S/c1-6(8(10)11)5-12-7(2)3-4-9/h6-7,9H,3-5H2,1-2H3,(H,10,11). The summed E-state index contributed by atoms with van der Waals surface area (Å²) in [5.41, 5.74) is 0. The van der Waals surface area contributed by atoms with Crippen molar-refractivity contribution < 1.29 is 15.0 Å². The van der Waals surface area contributed by atoms with Crippen molar-refractivity contribution in [1.29, 1.82) is 0 Å². The lowest BCUT2D eigenvalue weighted by atomic mass is 10.2. The third-order valence-corrected chi connectivity index (χ3v) is 3.09. The lowest BCUT2D eigenvalue weighted by Gasteiger charge is -2.11. The smallest absolute Gasteiger partial charge is 0.307 e. The minimum absolute atomic E-state index is 0.176. The van der Waals surface area contributed by atoms with Crippen LogP contribution in [0.2, 0.25) is 0 Å². The van der Waals surface area contributed by atoms with Gasteiger partial charge in [-0.2, -0.15) is 11.8 Å². The first-order valence-electron chi connectivity index (χ1n) is 4.03. The molecule has 72 valence electrons. The van der Waals surface area contributed by atoms with Gasteiger partial charge in [0.1, 0.15) is 0 Å². The van der Waals surface area contributed by atoms with E-state index in [-0.39, 0.29) is 12.5 Å². The third kappa shape index (κ3) is 5.43. The molecule has 0 aliphatic heterocycles. The molecular formula is C8H16O3S. The molecule has 0 amide bonds. The van der Waals surface area contributed by atoms with Gasteiger partial charge in [0.25, 0.3) is 0 Å². The Kier molecular flexibility index (Phi) is 6.20. The average molecular weight is 192 g/mol. The van der Waals surface area contributed by atoms with Gasteiger partial charge >= 0.3 is 5.97 Å². The Bertz CT molecular complexity index is 138. The van der Waals surface area contributed by atoms with E-state index in [1.54, 1.807) is 18.7 Å². The molecular weight excluding hydrogens is 176 g/mol. The van der Waals surface area contributed by atoms with Gasteiger partial charge in [-0.25, -0.2) is 0 Å². The SMILES string of the molecule is CC(CCO)SCC(C)C(=O)O. The molecule has 0 aromatic carbocycles. The van der Waals surface area contributed by atoms with Crippen LogP contribution in [0.1, 0.15) is 20.3 Å². The highest BCUT2D eigenvalue weighted by Crippen LogP contribution is 2.17. The molecule has 0 saturated heterocycles. The Labute approximate surface area is 77.2 Å². The topological polar surface area (TPSA) is 57.5 Å². The van der Waals surface area contributed by atoms with E-state index in [1.165, 1.54) is 0 Å². The van der Waals surface area contributed by atoms with E-state index in [1.807, 2.05) is 6.92 Å². The zero-order valence-electron chi connectivity index (χ0n) is 7.49. The molecule has 0 aromatic rings. The van der Waals surface area contributed by atoms with Gasteiger partial charge in [-0.3, -0.25) is 4.79 Å². The fourth-order valence-corrected chi connectivity index (χ4v) is 1.68. The van der Waals surface area contributed by atoms with Crippen LogP contribution in [0.15, 0.2) is 0 Å². The maximum absolute atomic E-state index is 10.4. The van der Waals surface area contributed by atoms with E-state index in [2.05, 4.69) is 0 Å². The van der Waals surface area contributed by atoms with Gasteiger partial charge in [0, 0.05) is 17.6 Å². The van der Waals surface area contributed by atoms with Crippen molar-refractivity contribution in [2.24, 2.45) is 5.92 Å². The molecule has 0 heterocycles. The number of carboxylic acid groups (broad SMARTS) is 1. The summed E-state index contributed by atoms with van der Waals surface area (Å²) in [6.07, 6.45) is 0.733. The van der Waals surface area contributed by atoms with Gasteiger partial charge in [-0.15, -0.1) is 0 Å². The Hall–Kier alpha value is -0.220. The van der Waals surface area contributed by atoms with Gasteiger partial charge in [0.15, 0.2) is 0 Å². The molecule has 0 saturated carbocycles. The van der Waals surface area contributed by atoms with Crippen LogP contribution in [0.3, 0.4) is 0 Å². The summed E-state index contributed by atoms with van der Waals surface area (Å²) in [7, 11) is 0. The summed E-state index contributed by atoms with van der Waals surface area (Å²) in [6, 6.07) is 0. The summed E-state index contributed by atoms with van der Waals surface area (Å²) in [5.74, 6) is -0.425. The largest absolute Gasteiger partial charge is 0.481 e. The van der Waals surface area contributed by atoms with Crippen molar-refractivity contribution in [1.82, 2.24) is 0 Å². The van der Waals surface area contributed by atoms with Crippen molar-refractivity contribution in [3.63, 3.8) is 0 Å². The normalized spacial score (nSPS) is 15.6. The number of hydrogen-bond donors (Lipinski definition) is 2. The minimum Gasteiger partial charge on any atom is -0.481 e. The van der Waals surface area contributed by atoms with Crippen LogP contribution in [0.25, 0.3) is 0 Å². The first-order valence-corrected chi connectivity index (χ1v) is 5.08. The summed E-state index contributed by atoms with van der Waals surface area (Å²) < 4.78 is 0. The number of aliphatic hydroxyl groups excluding tert-OH is 1. The fraction of sp³-hybridized carbons (Fsp3) is 0.875. The molecule has 12 heavy (non-hydrogen) atoms. The van der Waals surface area contributed by atoms with Crippen LogP contribution in [-0.4, -0.2) is 33.8 Å². The number of rotatable bonds is 6. The van der Waals surface area contributed by atoms with Crippen molar-refractivity contribution >= 4 is 17.7 Å². The fourth-order valence-electron chi connectivity index (χ4n) is 0.645. The molecule has 0 fully saturated rings. The molecule has 0 aliphatic rings. The summed E-state index contributed by atoms with van der Waals surface area (Å²) in [5, 5.41) is 17.5. The number of thioether (sulfide) groups is 1. The molecule has 0 aliphatic carbocycles. The number of hydrogen-bond acceptors (Lipinski definition) is 3. The van der Waals surface area contributed by atoms with E-state index in [4.69, 9.17) is 10.2 Å². The molecule has 0 radical (unpaired) electrons. The summed E-state index contributed by atoms with van der Waals surface area (Å²) in [4.78, 5) is 10.4. The highest BCUT2D eigenvalue weighted by molar-refractivity contribution is 7.99. The Morgan fingerprint density at radius 2 is 2.08 bits per heavy atom. The molecule has 2 N–H and O–H groups in total. The second-order valence-corrected chi connectivity index (χ2v) is 4.37. The predicted octanol–water partition coefficient (Wildman–Crippen LogP) is 1.21. The number of aliphatic carboxylic acids is 1. The molecule has 3 nitrogen and oxygen atoms in total. The zero-order valence-corrected chi connectivity index (χ0v) is 8.30. The molecule has 0 spiro atoms. The molecule has 0 bridgehead atoms. The molecule has 0 rings (SSSR count). The molecule has 2 atom stereocenters. The van der Waals surface area contributed by atoms with Crippen molar-refractivity contribution in [3.8, 4) is 0 Å². The van der Waals surface area contributed by atoms with Crippen molar-refractivity contribution in [2.75, 3.05) is 12.4 Å². The number of carboxylic acids is 1. The van der Waals surface area contributed by atoms with Crippen molar-refractivity contribution in [2.45, 2.75) is 25.5 Å². The maximum Gasteiger partial charge on any atom is 0.307 e. The lowest BCUT2D eigenvalue weighted by Crippen LogP contribution is -2.14. The quantitative estimate of drug-likeness (QED) is 0.664. The van der Waals surface area contributed by atoms with Gasteiger partial charge < -0.3 is 10.2 Å². The summed E-state index contributed by atoms with van der Waals surface area (Å²) in [6.45, 7) is 3.87. The van der Waals surface area contributed by atoms with Gasteiger partial charge in [0.05, 0.1) is 5.92 Å². The first kappa shape index (κ1) is 11.8. The van der Waals surface area contributed by atoms with Crippen LogP contribution in [-0.2, 0) is 4.79 Å². The average Bonchev–Trinajstić information content (AvgIpc) is 2.00. The first-order chi connectivity index (χ1) is 5.57. The van der Waals surface area contributed by atoms with E-state index < -0.39 is 5.97 Å². The van der Waals surface area contributed by atoms with E-state index in [0.29, 0.717) is 11.0 Å². The van der Waals surface area contributed by atoms with Gasteiger partial charge in [0.2, 0.25) is 0 Å². The summed E-state index contributed by atoms with van der Waals surface area (Å²) >= 11 is 1.60. The third-order valence-electron chi connectivity index (χ3n) is 1.59. The molecule has 0 aromatic heterocycles. The van der Waals surface area contributed by atoms with Crippen LogP contribution in [0, 0.1) is 5.92 Å². The second-order valence-electron chi connectivity index (χ2n) is 2.90. The Morgan fingerprint density at radius 1 is 1.50 bits per heavy atom. The Balaban J connectivity index is 3.46. The number of aliphatic hydroxyl groups is 1. The molecule has 2 unspecified atom stereocenters. The van der Waals surface area contributed by atoms with Crippen LogP contribution in [0.5, 0.6) is 0 Å². The second kappa shape index (κ2) is 6.31. The molecule has 4 heteroatoms. The van der Waals surface area contributed by atoms with Crippen LogP contribution >= 0.6 is 11.8 Å². The van der Waals surface area contributed by atoms with Gasteiger partial charge in [-0.05, 0) is 6.42 Å². The van der Waals surface area contributed by atoms with E-state index in [9.17, 15) is 4.79 Å². The highest BCUT2D eigenvalue weighted by atomic mass is 32.2. The zero-order chi connectivity index (χ0) is 9.56. The highest BCUT2D eigenvalue weighted by Gasteiger charge is 2.12. The minimum atomic E-state index is -0.751. The Morgan fingerprint density at radius 3 is 2.50 bits per heavy atom. The lowest BCUT2D eigenvalue weighted by molar-refractivity contribution is -0.140.